The molecule has 6 heteroatoms. The Morgan fingerprint density at radius 2 is 2.04 bits per heavy atom. The molecule has 0 radical (unpaired) electrons. The van der Waals surface area contributed by atoms with Crippen LogP contribution in [0.2, 0.25) is 0 Å². The Bertz CT molecular complexity index is 764. The number of fused-ring (bicyclic) bond motifs is 1. The van der Waals surface area contributed by atoms with Crippen molar-refractivity contribution in [3.8, 4) is 0 Å². The number of hydrogen-bond acceptors (Lipinski definition) is 4. The molecule has 2 unspecified atom stereocenters. The van der Waals surface area contributed by atoms with Crippen molar-refractivity contribution in [1.82, 2.24) is 24.6 Å². The van der Waals surface area contributed by atoms with Gasteiger partial charge in [-0.25, -0.2) is 9.67 Å². The summed E-state index contributed by atoms with van der Waals surface area (Å²) in [5.41, 5.74) is 2.31. The van der Waals surface area contributed by atoms with Gasteiger partial charge in [0.1, 0.15) is 0 Å². The normalized spacial score (nSPS) is 21.4. The lowest BCUT2D eigenvalue weighted by Crippen LogP contribution is -2.36. The molecule has 6 nitrogen and oxygen atoms in total. The van der Waals surface area contributed by atoms with E-state index in [1.165, 1.54) is 0 Å². The Labute approximate surface area is 143 Å². The topological polar surface area (TPSA) is 54.3 Å². The maximum absolute atomic E-state index is 13.0. The van der Waals surface area contributed by atoms with Crippen molar-refractivity contribution in [2.24, 2.45) is 5.92 Å². The minimum Gasteiger partial charge on any atom is -0.337 e. The average molecular weight is 329 g/mol. The molecule has 2 atom stereocenters. The molecule has 1 aliphatic heterocycles. The monoisotopic (exact) mass is 329 g/mol. The quantitative estimate of drug-likeness (QED) is 0.867. The van der Waals surface area contributed by atoms with Crippen molar-refractivity contribution in [1.29, 1.82) is 0 Å². The SMILES string of the molecule is Cc1nc2c(cnn2C(C)C)cc1C(=O)N1CC(C)C(N(C)C)C1. The molecule has 24 heavy (non-hydrogen) atoms. The fourth-order valence-corrected chi connectivity index (χ4v) is 3.62. The van der Waals surface area contributed by atoms with E-state index in [-0.39, 0.29) is 11.9 Å². The first-order chi connectivity index (χ1) is 11.3. The van der Waals surface area contributed by atoms with Gasteiger partial charge in [-0.05, 0) is 46.9 Å². The predicted octanol–water partition coefficient (Wildman–Crippen LogP) is 2.34. The van der Waals surface area contributed by atoms with Crippen molar-refractivity contribution in [2.75, 3.05) is 27.2 Å². The van der Waals surface area contributed by atoms with E-state index < -0.39 is 0 Å². The van der Waals surface area contributed by atoms with Crippen LogP contribution in [0.15, 0.2) is 12.3 Å². The van der Waals surface area contributed by atoms with E-state index in [2.05, 4.69) is 49.8 Å². The minimum atomic E-state index is 0.0791. The third-order valence-corrected chi connectivity index (χ3v) is 5.00. The van der Waals surface area contributed by atoms with Gasteiger partial charge in [0, 0.05) is 30.6 Å². The van der Waals surface area contributed by atoms with Crippen LogP contribution in [-0.4, -0.2) is 63.7 Å². The second kappa shape index (κ2) is 6.16. The molecule has 1 amide bonds. The van der Waals surface area contributed by atoms with Crippen LogP contribution in [0.3, 0.4) is 0 Å². The highest BCUT2D eigenvalue weighted by Gasteiger charge is 2.34. The van der Waals surface area contributed by atoms with Crippen molar-refractivity contribution in [3.05, 3.63) is 23.5 Å². The van der Waals surface area contributed by atoms with Crippen LogP contribution in [-0.2, 0) is 0 Å². The summed E-state index contributed by atoms with van der Waals surface area (Å²) in [4.78, 5) is 21.8. The van der Waals surface area contributed by atoms with E-state index in [9.17, 15) is 4.79 Å². The molecule has 0 bridgehead atoms. The van der Waals surface area contributed by atoms with Gasteiger partial charge in [-0.2, -0.15) is 5.10 Å². The zero-order valence-electron chi connectivity index (χ0n) is 15.4. The second-order valence-corrected chi connectivity index (χ2v) is 7.44. The Hall–Kier alpha value is -1.95. The van der Waals surface area contributed by atoms with Gasteiger partial charge in [-0.15, -0.1) is 0 Å². The number of nitrogens with zero attached hydrogens (tertiary/aromatic N) is 5. The molecule has 1 fully saturated rings. The lowest BCUT2D eigenvalue weighted by Gasteiger charge is -2.22. The van der Waals surface area contributed by atoms with E-state index >= 15 is 0 Å². The van der Waals surface area contributed by atoms with Gasteiger partial charge in [0.05, 0.1) is 17.5 Å². The molecule has 2 aromatic heterocycles. The Morgan fingerprint density at radius 1 is 1.33 bits per heavy atom. The minimum absolute atomic E-state index is 0.0791. The summed E-state index contributed by atoms with van der Waals surface area (Å²) in [6.45, 7) is 9.84. The largest absolute Gasteiger partial charge is 0.337 e. The maximum Gasteiger partial charge on any atom is 0.255 e. The standard InChI is InChI=1S/C18H27N5O/c1-11(2)23-17-14(8-19-23)7-15(13(4)20-17)18(24)22-9-12(3)16(10-22)21(5)6/h7-8,11-12,16H,9-10H2,1-6H3. The van der Waals surface area contributed by atoms with Crippen LogP contribution in [0.25, 0.3) is 11.0 Å². The fourth-order valence-electron chi connectivity index (χ4n) is 3.62. The number of hydrogen-bond donors (Lipinski definition) is 0. The zero-order valence-corrected chi connectivity index (χ0v) is 15.4. The lowest BCUT2D eigenvalue weighted by atomic mass is 10.1. The number of likely N-dealkylation sites (tertiary alicyclic amines) is 1. The van der Waals surface area contributed by atoms with Crippen LogP contribution >= 0.6 is 0 Å². The maximum atomic E-state index is 13.0. The van der Waals surface area contributed by atoms with Crippen LogP contribution in [0.1, 0.15) is 42.9 Å². The second-order valence-electron chi connectivity index (χ2n) is 7.44. The molecule has 0 aromatic carbocycles. The number of aryl methyl sites for hydroxylation is 1. The van der Waals surface area contributed by atoms with E-state index in [0.717, 1.165) is 29.8 Å². The van der Waals surface area contributed by atoms with E-state index in [0.29, 0.717) is 17.5 Å². The first-order valence-corrected chi connectivity index (χ1v) is 8.60. The van der Waals surface area contributed by atoms with Crippen molar-refractivity contribution in [3.63, 3.8) is 0 Å². The highest BCUT2D eigenvalue weighted by atomic mass is 16.2. The Morgan fingerprint density at radius 3 is 2.62 bits per heavy atom. The van der Waals surface area contributed by atoms with Crippen molar-refractivity contribution in [2.45, 2.75) is 39.8 Å². The molecule has 0 saturated carbocycles. The van der Waals surface area contributed by atoms with E-state index in [1.807, 2.05) is 22.6 Å². The molecule has 0 spiro atoms. The Balaban J connectivity index is 1.92. The third kappa shape index (κ3) is 2.79. The van der Waals surface area contributed by atoms with Crippen LogP contribution in [0.4, 0.5) is 0 Å². The Kier molecular flexibility index (Phi) is 4.34. The molecule has 3 rings (SSSR count). The highest BCUT2D eigenvalue weighted by Crippen LogP contribution is 2.25. The van der Waals surface area contributed by atoms with Crippen LogP contribution < -0.4 is 0 Å². The summed E-state index contributed by atoms with van der Waals surface area (Å²) in [5.74, 6) is 0.556. The summed E-state index contributed by atoms with van der Waals surface area (Å²) in [6, 6.07) is 2.60. The summed E-state index contributed by atoms with van der Waals surface area (Å²) in [7, 11) is 4.16. The van der Waals surface area contributed by atoms with Gasteiger partial charge in [-0.1, -0.05) is 6.92 Å². The zero-order chi connectivity index (χ0) is 17.6. The van der Waals surface area contributed by atoms with Gasteiger partial charge in [0.15, 0.2) is 5.65 Å². The molecule has 130 valence electrons. The fraction of sp³-hybridized carbons (Fsp3) is 0.611. The molecule has 2 aromatic rings. The average Bonchev–Trinajstić information content (AvgIpc) is 3.08. The summed E-state index contributed by atoms with van der Waals surface area (Å²) in [6.07, 6.45) is 1.80. The van der Waals surface area contributed by atoms with Gasteiger partial charge in [0.25, 0.3) is 5.91 Å². The van der Waals surface area contributed by atoms with Gasteiger partial charge in [-0.3, -0.25) is 4.79 Å². The van der Waals surface area contributed by atoms with Crippen LogP contribution in [0, 0.1) is 12.8 Å². The molecule has 1 aliphatic rings. The number of pyridine rings is 1. The van der Waals surface area contributed by atoms with Gasteiger partial charge in [0.2, 0.25) is 0 Å². The number of amides is 1. The predicted molar refractivity (Wildman–Crippen MR) is 95.2 cm³/mol. The smallest absolute Gasteiger partial charge is 0.255 e. The summed E-state index contributed by atoms with van der Waals surface area (Å²) in [5, 5.41) is 5.33. The number of aromatic nitrogens is 3. The van der Waals surface area contributed by atoms with Crippen molar-refractivity contribution < 1.29 is 4.79 Å². The number of likely N-dealkylation sites (N-methyl/N-ethyl adjacent to an activating group) is 1. The molecule has 1 saturated heterocycles. The third-order valence-electron chi connectivity index (χ3n) is 5.00. The molecular weight excluding hydrogens is 302 g/mol. The van der Waals surface area contributed by atoms with E-state index in [4.69, 9.17) is 0 Å². The highest BCUT2D eigenvalue weighted by molar-refractivity contribution is 5.98. The molecule has 3 heterocycles. The number of rotatable bonds is 3. The van der Waals surface area contributed by atoms with E-state index in [1.54, 1.807) is 6.20 Å². The number of carbonyl (C=O) groups excluding carboxylic acids is 1. The first-order valence-electron chi connectivity index (χ1n) is 8.60. The first kappa shape index (κ1) is 16.9. The molecular formula is C18H27N5O. The summed E-state index contributed by atoms with van der Waals surface area (Å²) < 4.78 is 1.90. The van der Waals surface area contributed by atoms with Crippen LogP contribution in [0.5, 0.6) is 0 Å². The molecule has 0 N–H and O–H groups in total. The van der Waals surface area contributed by atoms with Crippen molar-refractivity contribution >= 4 is 16.9 Å². The molecule has 0 aliphatic carbocycles. The van der Waals surface area contributed by atoms with Gasteiger partial charge < -0.3 is 9.80 Å². The number of carbonyl (C=O) groups is 1. The van der Waals surface area contributed by atoms with Gasteiger partial charge >= 0.3 is 0 Å². The summed E-state index contributed by atoms with van der Waals surface area (Å²) >= 11 is 0. The lowest BCUT2D eigenvalue weighted by molar-refractivity contribution is 0.0780.